The molecule has 0 aliphatic heterocycles. The van der Waals surface area contributed by atoms with E-state index in [1.807, 2.05) is 0 Å². The van der Waals surface area contributed by atoms with Crippen LogP contribution in [0.25, 0.3) is 11.2 Å². The van der Waals surface area contributed by atoms with Gasteiger partial charge in [-0.25, -0.2) is 4.79 Å². The van der Waals surface area contributed by atoms with Crippen molar-refractivity contribution >= 4 is 22.8 Å². The van der Waals surface area contributed by atoms with Crippen molar-refractivity contribution in [2.75, 3.05) is 0 Å². The number of hydrogen-bond acceptors (Lipinski definition) is 3. The molecule has 2 aromatic heterocycles. The quantitative estimate of drug-likeness (QED) is 0.649. The summed E-state index contributed by atoms with van der Waals surface area (Å²) in [5.74, 6) is 0. The Morgan fingerprint density at radius 3 is 2.76 bits per heavy atom. The Morgan fingerprint density at radius 2 is 2.18 bits per heavy atom. The number of aromatic amines is 1. The zero-order valence-corrected chi connectivity index (χ0v) is 9.99. The maximum absolute atomic E-state index is 12.0. The lowest BCUT2D eigenvalue weighted by Gasteiger charge is -2.07. The minimum absolute atomic E-state index is 0.0926. The van der Waals surface area contributed by atoms with E-state index in [1.165, 1.54) is 10.6 Å². The first kappa shape index (κ1) is 11.7. The zero-order chi connectivity index (χ0) is 12.6. The molecular formula is C10H11ClN4O2. The summed E-state index contributed by atoms with van der Waals surface area (Å²) in [6.07, 6.45) is 1.49. The van der Waals surface area contributed by atoms with Crippen LogP contribution in [0.3, 0.4) is 0 Å². The lowest BCUT2D eigenvalue weighted by molar-refractivity contribution is 0.627. The fourth-order valence-electron chi connectivity index (χ4n) is 1.71. The van der Waals surface area contributed by atoms with E-state index in [9.17, 15) is 9.59 Å². The summed E-state index contributed by atoms with van der Waals surface area (Å²) in [4.78, 5) is 30.6. The summed E-state index contributed by atoms with van der Waals surface area (Å²) < 4.78 is 2.48. The molecule has 17 heavy (non-hydrogen) atoms. The molecule has 2 heterocycles. The number of rotatable bonds is 3. The molecule has 1 N–H and O–H groups in total. The van der Waals surface area contributed by atoms with Crippen molar-refractivity contribution in [3.8, 4) is 0 Å². The van der Waals surface area contributed by atoms with Crippen LogP contribution in [0.4, 0.5) is 0 Å². The monoisotopic (exact) mass is 254 g/mol. The molecule has 0 aliphatic carbocycles. The van der Waals surface area contributed by atoms with Gasteiger partial charge in [0, 0.05) is 13.1 Å². The Morgan fingerprint density at radius 1 is 1.47 bits per heavy atom. The van der Waals surface area contributed by atoms with Gasteiger partial charge in [-0.2, -0.15) is 4.98 Å². The van der Waals surface area contributed by atoms with Crippen LogP contribution >= 0.6 is 11.6 Å². The summed E-state index contributed by atoms with van der Waals surface area (Å²) in [5, 5.41) is 0.0926. The number of hydrogen-bond donors (Lipinski definition) is 1. The van der Waals surface area contributed by atoms with Crippen molar-refractivity contribution < 1.29 is 0 Å². The summed E-state index contributed by atoms with van der Waals surface area (Å²) in [6, 6.07) is 0. The van der Waals surface area contributed by atoms with Gasteiger partial charge in [0.25, 0.3) is 5.56 Å². The van der Waals surface area contributed by atoms with E-state index >= 15 is 0 Å². The molecule has 6 nitrogen and oxygen atoms in total. The number of nitrogens with one attached hydrogen (secondary N) is 1. The zero-order valence-electron chi connectivity index (χ0n) is 9.23. The molecule has 0 fully saturated rings. The van der Waals surface area contributed by atoms with Crippen LogP contribution in [0.1, 0.15) is 6.92 Å². The van der Waals surface area contributed by atoms with E-state index in [0.717, 1.165) is 4.57 Å². The Labute approximate surface area is 101 Å². The Balaban J connectivity index is 2.98. The van der Waals surface area contributed by atoms with Crippen LogP contribution < -0.4 is 11.2 Å². The molecule has 7 heteroatoms. The van der Waals surface area contributed by atoms with E-state index in [1.54, 1.807) is 6.92 Å². The van der Waals surface area contributed by atoms with Gasteiger partial charge in [0.2, 0.25) is 5.28 Å². The molecule has 0 saturated heterocycles. The third kappa shape index (κ3) is 1.70. The number of halogens is 1. The van der Waals surface area contributed by atoms with Gasteiger partial charge in [0.15, 0.2) is 11.2 Å². The van der Waals surface area contributed by atoms with Crippen molar-refractivity contribution in [2.45, 2.75) is 20.0 Å². The van der Waals surface area contributed by atoms with Crippen molar-refractivity contribution in [2.24, 2.45) is 0 Å². The van der Waals surface area contributed by atoms with Gasteiger partial charge in [-0.05, 0) is 18.5 Å². The highest BCUT2D eigenvalue weighted by molar-refractivity contribution is 6.28. The largest absolute Gasteiger partial charge is 0.333 e. The van der Waals surface area contributed by atoms with Crippen LogP contribution in [-0.2, 0) is 13.1 Å². The average Bonchev–Trinajstić information content (AvgIpc) is 2.67. The fourth-order valence-corrected chi connectivity index (χ4v) is 1.89. The molecule has 0 spiro atoms. The van der Waals surface area contributed by atoms with E-state index in [2.05, 4.69) is 16.5 Å². The molecule has 0 amide bonds. The molecule has 0 radical (unpaired) electrons. The molecular weight excluding hydrogens is 244 g/mol. The minimum atomic E-state index is -0.436. The maximum Gasteiger partial charge on any atom is 0.333 e. The number of H-pyrrole nitrogens is 1. The molecule has 0 aromatic carbocycles. The molecule has 90 valence electrons. The number of aryl methyl sites for hydroxylation is 1. The van der Waals surface area contributed by atoms with Crippen molar-refractivity contribution in [1.82, 2.24) is 19.1 Å². The molecule has 2 aromatic rings. The smallest absolute Gasteiger partial charge is 0.323 e. The van der Waals surface area contributed by atoms with Crippen LogP contribution in [0.15, 0.2) is 22.2 Å². The predicted octanol–water partition coefficient (Wildman–Crippen LogP) is 0.746. The molecule has 0 atom stereocenters. The van der Waals surface area contributed by atoms with Crippen LogP contribution in [-0.4, -0.2) is 19.1 Å². The van der Waals surface area contributed by atoms with Gasteiger partial charge < -0.3 is 4.98 Å². The Kier molecular flexibility index (Phi) is 2.89. The first-order valence-corrected chi connectivity index (χ1v) is 5.47. The van der Waals surface area contributed by atoms with E-state index in [0.29, 0.717) is 6.54 Å². The van der Waals surface area contributed by atoms with Gasteiger partial charge in [0.05, 0.1) is 0 Å². The lowest BCUT2D eigenvalue weighted by atomic mass is 10.4. The van der Waals surface area contributed by atoms with E-state index in [4.69, 9.17) is 11.6 Å². The highest BCUT2D eigenvalue weighted by Crippen LogP contribution is 2.09. The van der Waals surface area contributed by atoms with Crippen molar-refractivity contribution in [3.05, 3.63) is 38.8 Å². The second-order valence-corrected chi connectivity index (χ2v) is 3.82. The van der Waals surface area contributed by atoms with Crippen LogP contribution in [0, 0.1) is 0 Å². The third-order valence-electron chi connectivity index (χ3n) is 2.46. The summed E-state index contributed by atoms with van der Waals surface area (Å²) in [5.41, 5.74) is -0.326. The molecule has 0 saturated carbocycles. The number of fused-ring (bicyclic) bond motifs is 1. The van der Waals surface area contributed by atoms with E-state index < -0.39 is 11.2 Å². The number of nitrogens with zero attached hydrogens (tertiary/aromatic N) is 3. The fraction of sp³-hybridized carbons (Fsp3) is 0.300. The van der Waals surface area contributed by atoms with Gasteiger partial charge in [0.1, 0.15) is 0 Å². The number of imidazole rings is 1. The maximum atomic E-state index is 12.0. The number of aromatic nitrogens is 4. The molecule has 0 bridgehead atoms. The standard InChI is InChI=1S/C10H11ClN4O2/c1-3-5-15-8(16)6-7(13-9(11)12-6)14(4-2)10(15)17/h3H,1,4-5H2,2H3,(H,12,13). The van der Waals surface area contributed by atoms with Crippen molar-refractivity contribution in [3.63, 3.8) is 0 Å². The van der Waals surface area contributed by atoms with Crippen molar-refractivity contribution in [1.29, 1.82) is 0 Å². The molecule has 0 unspecified atom stereocenters. The predicted molar refractivity (Wildman–Crippen MR) is 65.5 cm³/mol. The second kappa shape index (κ2) is 4.21. The third-order valence-corrected chi connectivity index (χ3v) is 2.64. The van der Waals surface area contributed by atoms with Gasteiger partial charge in [-0.15, -0.1) is 6.58 Å². The Bertz CT molecular complexity index is 695. The minimum Gasteiger partial charge on any atom is -0.323 e. The highest BCUT2D eigenvalue weighted by atomic mass is 35.5. The first-order valence-electron chi connectivity index (χ1n) is 5.09. The normalized spacial score (nSPS) is 10.9. The summed E-state index contributed by atoms with van der Waals surface area (Å²) >= 11 is 5.72. The molecule has 2 rings (SSSR count). The van der Waals surface area contributed by atoms with Crippen LogP contribution in [0.5, 0.6) is 0 Å². The topological polar surface area (TPSA) is 72.7 Å². The Hall–Kier alpha value is -1.82. The lowest BCUT2D eigenvalue weighted by Crippen LogP contribution is -2.39. The molecule has 0 aliphatic rings. The first-order chi connectivity index (χ1) is 8.10. The summed E-state index contributed by atoms with van der Waals surface area (Å²) in [6.45, 7) is 5.88. The average molecular weight is 255 g/mol. The van der Waals surface area contributed by atoms with Gasteiger partial charge >= 0.3 is 5.69 Å². The van der Waals surface area contributed by atoms with Gasteiger partial charge in [-0.1, -0.05) is 6.08 Å². The highest BCUT2D eigenvalue weighted by Gasteiger charge is 2.14. The number of allylic oxidation sites excluding steroid dienone is 1. The van der Waals surface area contributed by atoms with Crippen LogP contribution in [0.2, 0.25) is 5.28 Å². The van der Waals surface area contributed by atoms with Gasteiger partial charge in [-0.3, -0.25) is 13.9 Å². The SMILES string of the molecule is C=CCn1c(=O)c2[nH]c(Cl)nc2n(CC)c1=O. The second-order valence-electron chi connectivity index (χ2n) is 3.46. The van der Waals surface area contributed by atoms with E-state index in [-0.39, 0.29) is 23.0 Å². The summed E-state index contributed by atoms with van der Waals surface area (Å²) in [7, 11) is 0.